The third-order valence-corrected chi connectivity index (χ3v) is 3.70. The predicted octanol–water partition coefficient (Wildman–Crippen LogP) is 3.73. The van der Waals surface area contributed by atoms with Crippen LogP contribution in [0.1, 0.15) is 37.3 Å². The van der Waals surface area contributed by atoms with E-state index in [1.165, 1.54) is 24.3 Å². The van der Waals surface area contributed by atoms with E-state index in [1.807, 2.05) is 13.8 Å². The van der Waals surface area contributed by atoms with Crippen LogP contribution in [0.15, 0.2) is 46.9 Å². The van der Waals surface area contributed by atoms with Gasteiger partial charge in [-0.1, -0.05) is 26.0 Å². The van der Waals surface area contributed by atoms with Crippen LogP contribution in [0, 0.1) is 5.82 Å². The SMILES string of the molecule is CC(C)c1nc2cc(NC(C(N)=O)c3ccc(F)cc3)ccc2o1. The topological polar surface area (TPSA) is 81.1 Å². The minimum Gasteiger partial charge on any atom is -0.440 e. The van der Waals surface area contributed by atoms with Gasteiger partial charge in [-0.2, -0.15) is 0 Å². The van der Waals surface area contributed by atoms with Gasteiger partial charge < -0.3 is 15.5 Å². The number of carbonyl (C=O) groups excluding carboxylic acids is 1. The van der Waals surface area contributed by atoms with E-state index in [2.05, 4.69) is 10.3 Å². The van der Waals surface area contributed by atoms with Crippen molar-refractivity contribution in [3.63, 3.8) is 0 Å². The normalized spacial score (nSPS) is 12.5. The molecule has 5 nitrogen and oxygen atoms in total. The number of hydrogen-bond acceptors (Lipinski definition) is 4. The van der Waals surface area contributed by atoms with Crippen LogP contribution in [0.25, 0.3) is 11.1 Å². The molecule has 0 radical (unpaired) electrons. The van der Waals surface area contributed by atoms with Gasteiger partial charge in [0.2, 0.25) is 5.91 Å². The van der Waals surface area contributed by atoms with Crippen molar-refractivity contribution in [2.24, 2.45) is 5.73 Å². The summed E-state index contributed by atoms with van der Waals surface area (Å²) in [5.41, 5.74) is 8.13. The van der Waals surface area contributed by atoms with Crippen LogP contribution in [-0.4, -0.2) is 10.9 Å². The number of oxazole rings is 1. The van der Waals surface area contributed by atoms with E-state index in [1.54, 1.807) is 18.2 Å². The van der Waals surface area contributed by atoms with Gasteiger partial charge in [0.05, 0.1) is 0 Å². The Balaban J connectivity index is 1.90. The second kappa shape index (κ2) is 6.31. The predicted molar refractivity (Wildman–Crippen MR) is 90.1 cm³/mol. The molecule has 24 heavy (non-hydrogen) atoms. The number of carbonyl (C=O) groups is 1. The second-order valence-corrected chi connectivity index (χ2v) is 5.92. The largest absolute Gasteiger partial charge is 0.440 e. The molecule has 0 aliphatic carbocycles. The Morgan fingerprint density at radius 1 is 1.21 bits per heavy atom. The van der Waals surface area contributed by atoms with Crippen molar-refractivity contribution in [2.75, 3.05) is 5.32 Å². The third-order valence-electron chi connectivity index (χ3n) is 3.70. The molecule has 6 heteroatoms. The second-order valence-electron chi connectivity index (χ2n) is 5.92. The summed E-state index contributed by atoms with van der Waals surface area (Å²) < 4.78 is 18.7. The summed E-state index contributed by atoms with van der Waals surface area (Å²) in [6, 6.07) is 10.3. The molecular weight excluding hydrogens is 309 g/mol. The number of fused-ring (bicyclic) bond motifs is 1. The first kappa shape index (κ1) is 16.0. The number of nitrogens with zero attached hydrogens (tertiary/aromatic N) is 1. The van der Waals surface area contributed by atoms with E-state index in [-0.39, 0.29) is 11.7 Å². The highest BCUT2D eigenvalue weighted by molar-refractivity contribution is 5.85. The number of benzene rings is 2. The van der Waals surface area contributed by atoms with Crippen molar-refractivity contribution < 1.29 is 13.6 Å². The molecule has 1 atom stereocenters. The number of hydrogen-bond donors (Lipinski definition) is 2. The lowest BCUT2D eigenvalue weighted by Crippen LogP contribution is -2.27. The standard InChI is InChI=1S/C18H18FN3O2/c1-10(2)18-22-14-9-13(7-8-15(14)24-18)21-16(17(20)23)11-3-5-12(19)6-4-11/h3-10,16,21H,1-2H3,(H2,20,23). The van der Waals surface area contributed by atoms with E-state index in [0.29, 0.717) is 28.2 Å². The maximum atomic E-state index is 13.1. The molecule has 1 amide bonds. The van der Waals surface area contributed by atoms with Crippen molar-refractivity contribution in [1.82, 2.24) is 4.98 Å². The highest BCUT2D eigenvalue weighted by Crippen LogP contribution is 2.26. The van der Waals surface area contributed by atoms with Gasteiger partial charge in [0, 0.05) is 11.6 Å². The average molecular weight is 327 g/mol. The summed E-state index contributed by atoms with van der Waals surface area (Å²) in [5.74, 6) is -0.0737. The van der Waals surface area contributed by atoms with Crippen LogP contribution < -0.4 is 11.1 Å². The number of aromatic nitrogens is 1. The van der Waals surface area contributed by atoms with Gasteiger partial charge in [0.25, 0.3) is 0 Å². The molecule has 1 heterocycles. The van der Waals surface area contributed by atoms with Crippen LogP contribution in [0.5, 0.6) is 0 Å². The Morgan fingerprint density at radius 2 is 1.92 bits per heavy atom. The fourth-order valence-corrected chi connectivity index (χ4v) is 2.42. The quantitative estimate of drug-likeness (QED) is 0.748. The number of anilines is 1. The smallest absolute Gasteiger partial charge is 0.244 e. The van der Waals surface area contributed by atoms with Crippen LogP contribution in [-0.2, 0) is 4.79 Å². The lowest BCUT2D eigenvalue weighted by atomic mass is 10.1. The van der Waals surface area contributed by atoms with Crippen molar-refractivity contribution in [1.29, 1.82) is 0 Å². The number of nitrogens with one attached hydrogen (secondary N) is 1. The summed E-state index contributed by atoms with van der Waals surface area (Å²) in [5, 5.41) is 3.07. The van der Waals surface area contributed by atoms with Gasteiger partial charge in [0.1, 0.15) is 17.4 Å². The van der Waals surface area contributed by atoms with Gasteiger partial charge in [-0.3, -0.25) is 4.79 Å². The Labute approximate surface area is 138 Å². The van der Waals surface area contributed by atoms with E-state index in [0.717, 1.165) is 0 Å². The summed E-state index contributed by atoms with van der Waals surface area (Å²) in [6.07, 6.45) is 0. The van der Waals surface area contributed by atoms with Gasteiger partial charge in [-0.25, -0.2) is 9.37 Å². The molecule has 3 aromatic rings. The first-order valence-corrected chi connectivity index (χ1v) is 7.66. The molecule has 0 aliphatic rings. The lowest BCUT2D eigenvalue weighted by molar-refractivity contribution is -0.118. The first-order valence-electron chi connectivity index (χ1n) is 7.66. The van der Waals surface area contributed by atoms with Crippen molar-refractivity contribution in [3.05, 3.63) is 59.7 Å². The zero-order valence-corrected chi connectivity index (χ0v) is 13.4. The molecule has 2 aromatic carbocycles. The Kier molecular flexibility index (Phi) is 4.20. The fourth-order valence-electron chi connectivity index (χ4n) is 2.42. The molecule has 0 saturated carbocycles. The van der Waals surface area contributed by atoms with Crippen LogP contribution in [0.3, 0.4) is 0 Å². The fraction of sp³-hybridized carbons (Fsp3) is 0.222. The van der Waals surface area contributed by atoms with E-state index < -0.39 is 11.9 Å². The number of halogens is 1. The highest BCUT2D eigenvalue weighted by atomic mass is 19.1. The molecule has 0 aliphatic heterocycles. The molecule has 124 valence electrons. The summed E-state index contributed by atoms with van der Waals surface area (Å²) in [4.78, 5) is 16.2. The molecule has 0 saturated heterocycles. The molecule has 1 unspecified atom stereocenters. The van der Waals surface area contributed by atoms with Crippen LogP contribution in [0.2, 0.25) is 0 Å². The Morgan fingerprint density at radius 3 is 2.54 bits per heavy atom. The zero-order valence-electron chi connectivity index (χ0n) is 13.4. The molecule has 0 spiro atoms. The number of rotatable bonds is 5. The summed E-state index contributed by atoms with van der Waals surface area (Å²) in [6.45, 7) is 4.00. The zero-order chi connectivity index (χ0) is 17.3. The minimum atomic E-state index is -0.764. The summed E-state index contributed by atoms with van der Waals surface area (Å²) >= 11 is 0. The number of primary amides is 1. The highest BCUT2D eigenvalue weighted by Gasteiger charge is 2.18. The molecular formula is C18H18FN3O2. The van der Waals surface area contributed by atoms with Crippen molar-refractivity contribution in [3.8, 4) is 0 Å². The average Bonchev–Trinajstić information content (AvgIpc) is 2.97. The molecule has 3 N–H and O–H groups in total. The number of nitrogens with two attached hydrogens (primary N) is 1. The maximum Gasteiger partial charge on any atom is 0.244 e. The molecule has 3 rings (SSSR count). The maximum absolute atomic E-state index is 13.1. The van der Waals surface area contributed by atoms with Crippen molar-refractivity contribution >= 4 is 22.7 Å². The summed E-state index contributed by atoms with van der Waals surface area (Å²) in [7, 11) is 0. The van der Waals surface area contributed by atoms with Gasteiger partial charge >= 0.3 is 0 Å². The first-order chi connectivity index (χ1) is 11.4. The Hall–Kier alpha value is -2.89. The molecule has 0 bridgehead atoms. The van der Waals surface area contributed by atoms with Gasteiger partial charge in [0.15, 0.2) is 11.5 Å². The minimum absolute atomic E-state index is 0.186. The lowest BCUT2D eigenvalue weighted by Gasteiger charge is -2.17. The molecule has 1 aromatic heterocycles. The van der Waals surface area contributed by atoms with Crippen molar-refractivity contribution in [2.45, 2.75) is 25.8 Å². The number of amides is 1. The van der Waals surface area contributed by atoms with Gasteiger partial charge in [-0.15, -0.1) is 0 Å². The molecule has 0 fully saturated rings. The van der Waals surface area contributed by atoms with E-state index in [4.69, 9.17) is 10.2 Å². The monoisotopic (exact) mass is 327 g/mol. The van der Waals surface area contributed by atoms with E-state index in [9.17, 15) is 9.18 Å². The Bertz CT molecular complexity index is 872. The van der Waals surface area contributed by atoms with Gasteiger partial charge in [-0.05, 0) is 35.9 Å². The van der Waals surface area contributed by atoms with E-state index >= 15 is 0 Å². The van der Waals surface area contributed by atoms with Crippen LogP contribution >= 0.6 is 0 Å². The van der Waals surface area contributed by atoms with Crippen LogP contribution in [0.4, 0.5) is 10.1 Å². The third kappa shape index (κ3) is 3.22.